The monoisotopic (exact) mass is 187 g/mol. The SMILES string of the molecule is CC(CO)COC1(CN)CCCC1. The van der Waals surface area contributed by atoms with Gasteiger partial charge in [0.25, 0.3) is 0 Å². The number of ether oxygens (including phenoxy) is 1. The van der Waals surface area contributed by atoms with Gasteiger partial charge in [-0.25, -0.2) is 0 Å². The van der Waals surface area contributed by atoms with Gasteiger partial charge in [-0.1, -0.05) is 19.8 Å². The molecule has 3 nitrogen and oxygen atoms in total. The fourth-order valence-electron chi connectivity index (χ4n) is 1.80. The lowest BCUT2D eigenvalue weighted by atomic mass is 10.0. The standard InChI is InChI=1S/C10H21NO2/c1-9(6-12)7-13-10(8-11)4-2-3-5-10/h9,12H,2-8,11H2,1H3. The van der Waals surface area contributed by atoms with E-state index in [1.807, 2.05) is 6.92 Å². The lowest BCUT2D eigenvalue weighted by Gasteiger charge is -2.28. The van der Waals surface area contributed by atoms with Gasteiger partial charge >= 0.3 is 0 Å². The molecule has 78 valence electrons. The summed E-state index contributed by atoms with van der Waals surface area (Å²) in [6.45, 7) is 3.43. The van der Waals surface area contributed by atoms with E-state index in [0.29, 0.717) is 13.2 Å². The molecule has 1 fully saturated rings. The lowest BCUT2D eigenvalue weighted by molar-refractivity contribution is -0.0537. The third-order valence-corrected chi connectivity index (χ3v) is 2.87. The summed E-state index contributed by atoms with van der Waals surface area (Å²) < 4.78 is 5.81. The van der Waals surface area contributed by atoms with Crippen molar-refractivity contribution in [1.29, 1.82) is 0 Å². The van der Waals surface area contributed by atoms with Crippen molar-refractivity contribution < 1.29 is 9.84 Å². The molecule has 0 aromatic carbocycles. The average Bonchev–Trinajstić information content (AvgIpc) is 2.63. The first-order chi connectivity index (χ1) is 6.22. The van der Waals surface area contributed by atoms with Crippen molar-refractivity contribution in [3.63, 3.8) is 0 Å². The van der Waals surface area contributed by atoms with Gasteiger partial charge in [0, 0.05) is 19.1 Å². The Morgan fingerprint density at radius 3 is 2.54 bits per heavy atom. The Hall–Kier alpha value is -0.120. The Balaban J connectivity index is 2.31. The summed E-state index contributed by atoms with van der Waals surface area (Å²) in [7, 11) is 0. The zero-order valence-corrected chi connectivity index (χ0v) is 8.46. The van der Waals surface area contributed by atoms with Crippen LogP contribution in [0.1, 0.15) is 32.6 Å². The fourth-order valence-corrected chi connectivity index (χ4v) is 1.80. The summed E-state index contributed by atoms with van der Waals surface area (Å²) in [6, 6.07) is 0. The highest BCUT2D eigenvalue weighted by Gasteiger charge is 2.33. The number of hydrogen-bond acceptors (Lipinski definition) is 3. The molecule has 0 spiro atoms. The van der Waals surface area contributed by atoms with Gasteiger partial charge < -0.3 is 15.6 Å². The van der Waals surface area contributed by atoms with Crippen molar-refractivity contribution in [3.8, 4) is 0 Å². The highest BCUT2D eigenvalue weighted by molar-refractivity contribution is 4.87. The largest absolute Gasteiger partial charge is 0.396 e. The molecular formula is C10H21NO2. The van der Waals surface area contributed by atoms with Crippen LogP contribution in [0.25, 0.3) is 0 Å². The van der Waals surface area contributed by atoms with E-state index in [9.17, 15) is 0 Å². The topological polar surface area (TPSA) is 55.5 Å². The van der Waals surface area contributed by atoms with E-state index < -0.39 is 0 Å². The number of rotatable bonds is 5. The second kappa shape index (κ2) is 4.94. The molecule has 0 amide bonds. The molecule has 3 heteroatoms. The predicted octanol–water partition coefficient (Wildman–Crippen LogP) is 0.903. The fraction of sp³-hybridized carbons (Fsp3) is 1.00. The predicted molar refractivity (Wildman–Crippen MR) is 52.5 cm³/mol. The Bertz CT molecular complexity index is 144. The van der Waals surface area contributed by atoms with Gasteiger partial charge in [0.05, 0.1) is 12.2 Å². The van der Waals surface area contributed by atoms with Crippen LogP contribution in [0.3, 0.4) is 0 Å². The highest BCUT2D eigenvalue weighted by atomic mass is 16.5. The van der Waals surface area contributed by atoms with Crippen LogP contribution in [0.2, 0.25) is 0 Å². The summed E-state index contributed by atoms with van der Waals surface area (Å²) in [4.78, 5) is 0. The molecule has 1 saturated carbocycles. The van der Waals surface area contributed by atoms with Gasteiger partial charge in [-0.15, -0.1) is 0 Å². The molecule has 1 unspecified atom stereocenters. The lowest BCUT2D eigenvalue weighted by Crippen LogP contribution is -2.39. The van der Waals surface area contributed by atoms with Crippen molar-refractivity contribution in [2.24, 2.45) is 11.7 Å². The third kappa shape index (κ3) is 2.93. The first-order valence-corrected chi connectivity index (χ1v) is 5.17. The van der Waals surface area contributed by atoms with Crippen LogP contribution in [-0.2, 0) is 4.74 Å². The smallest absolute Gasteiger partial charge is 0.0804 e. The summed E-state index contributed by atoms with van der Waals surface area (Å²) >= 11 is 0. The first-order valence-electron chi connectivity index (χ1n) is 5.17. The van der Waals surface area contributed by atoms with Gasteiger partial charge in [-0.2, -0.15) is 0 Å². The van der Waals surface area contributed by atoms with E-state index in [1.165, 1.54) is 12.8 Å². The minimum absolute atomic E-state index is 0.0660. The Morgan fingerprint density at radius 2 is 2.08 bits per heavy atom. The van der Waals surface area contributed by atoms with Crippen LogP contribution in [0.4, 0.5) is 0 Å². The summed E-state index contributed by atoms with van der Waals surface area (Å²) in [6.07, 6.45) is 4.62. The molecule has 3 N–H and O–H groups in total. The zero-order chi connectivity index (χ0) is 9.73. The van der Waals surface area contributed by atoms with E-state index in [4.69, 9.17) is 15.6 Å². The molecule has 1 atom stereocenters. The number of aliphatic hydroxyl groups excluding tert-OH is 1. The van der Waals surface area contributed by atoms with Crippen molar-refractivity contribution in [1.82, 2.24) is 0 Å². The second-order valence-electron chi connectivity index (χ2n) is 4.19. The van der Waals surface area contributed by atoms with Crippen LogP contribution < -0.4 is 5.73 Å². The molecule has 13 heavy (non-hydrogen) atoms. The summed E-state index contributed by atoms with van der Waals surface area (Å²) in [5, 5.41) is 8.85. The summed E-state index contributed by atoms with van der Waals surface area (Å²) in [5.74, 6) is 0.226. The maximum absolute atomic E-state index is 8.85. The van der Waals surface area contributed by atoms with Crippen LogP contribution in [0.5, 0.6) is 0 Å². The van der Waals surface area contributed by atoms with E-state index in [2.05, 4.69) is 0 Å². The van der Waals surface area contributed by atoms with Crippen LogP contribution in [0.15, 0.2) is 0 Å². The molecule has 0 aromatic rings. The molecule has 0 aliphatic heterocycles. The first kappa shape index (κ1) is 11.0. The number of aliphatic hydroxyl groups is 1. The van der Waals surface area contributed by atoms with Gasteiger partial charge in [0.2, 0.25) is 0 Å². The maximum atomic E-state index is 8.85. The Kier molecular flexibility index (Phi) is 4.16. The Labute approximate surface area is 80.3 Å². The van der Waals surface area contributed by atoms with Crippen molar-refractivity contribution >= 4 is 0 Å². The van der Waals surface area contributed by atoms with Crippen LogP contribution in [-0.4, -0.2) is 30.5 Å². The average molecular weight is 187 g/mol. The molecule has 0 bridgehead atoms. The van der Waals surface area contributed by atoms with E-state index >= 15 is 0 Å². The van der Waals surface area contributed by atoms with E-state index in [0.717, 1.165) is 12.8 Å². The number of nitrogens with two attached hydrogens (primary N) is 1. The quantitative estimate of drug-likeness (QED) is 0.672. The summed E-state index contributed by atoms with van der Waals surface area (Å²) in [5.41, 5.74) is 5.64. The molecule has 1 aliphatic rings. The maximum Gasteiger partial charge on any atom is 0.0804 e. The highest BCUT2D eigenvalue weighted by Crippen LogP contribution is 2.32. The van der Waals surface area contributed by atoms with Crippen LogP contribution in [0, 0.1) is 5.92 Å². The van der Waals surface area contributed by atoms with Crippen LogP contribution >= 0.6 is 0 Å². The van der Waals surface area contributed by atoms with Crippen molar-refractivity contribution in [2.75, 3.05) is 19.8 Å². The molecule has 1 rings (SSSR count). The molecule has 0 saturated heterocycles. The molecule has 0 radical (unpaired) electrons. The van der Waals surface area contributed by atoms with E-state index in [-0.39, 0.29) is 18.1 Å². The number of hydrogen-bond donors (Lipinski definition) is 2. The van der Waals surface area contributed by atoms with Gasteiger partial charge in [0.1, 0.15) is 0 Å². The van der Waals surface area contributed by atoms with Gasteiger partial charge in [0.15, 0.2) is 0 Å². The third-order valence-electron chi connectivity index (χ3n) is 2.87. The minimum atomic E-state index is -0.0660. The van der Waals surface area contributed by atoms with Gasteiger partial charge in [-0.05, 0) is 12.8 Å². The molecule has 1 aliphatic carbocycles. The molecular weight excluding hydrogens is 166 g/mol. The minimum Gasteiger partial charge on any atom is -0.396 e. The molecule has 0 heterocycles. The van der Waals surface area contributed by atoms with Crippen molar-refractivity contribution in [2.45, 2.75) is 38.2 Å². The molecule has 0 aromatic heterocycles. The second-order valence-corrected chi connectivity index (χ2v) is 4.19. The van der Waals surface area contributed by atoms with Gasteiger partial charge in [-0.3, -0.25) is 0 Å². The normalized spacial score (nSPS) is 23.3. The Morgan fingerprint density at radius 1 is 1.46 bits per heavy atom. The van der Waals surface area contributed by atoms with E-state index in [1.54, 1.807) is 0 Å². The van der Waals surface area contributed by atoms with Crippen molar-refractivity contribution in [3.05, 3.63) is 0 Å². The zero-order valence-electron chi connectivity index (χ0n) is 8.46.